The van der Waals surface area contributed by atoms with Gasteiger partial charge in [-0.3, -0.25) is 0 Å². The first kappa shape index (κ1) is 29.2. The smallest absolute Gasteiger partial charge is 0.652 e. The van der Waals surface area contributed by atoms with Crippen molar-refractivity contribution in [1.29, 1.82) is 0 Å². The minimum Gasteiger partial charge on any atom is -0.652 e. The molecule has 0 aromatic carbocycles. The summed E-state index contributed by atoms with van der Waals surface area (Å²) in [6.45, 7) is 0. The molecule has 0 N–H and O–H groups in total. The van der Waals surface area contributed by atoms with Crippen LogP contribution in [0.2, 0.25) is 0 Å². The summed E-state index contributed by atoms with van der Waals surface area (Å²) < 4.78 is 0. The molecule has 0 heterocycles. The molecule has 0 saturated carbocycles. The fourth-order valence-electron chi connectivity index (χ4n) is 0. The molecule has 14 heavy (non-hydrogen) atoms. The van der Waals surface area contributed by atoms with Gasteiger partial charge in [0.2, 0.25) is 0 Å². The first-order valence-corrected chi connectivity index (χ1v) is 1.84. The zero-order valence-electron chi connectivity index (χ0n) is 6.33. The van der Waals surface area contributed by atoms with Gasteiger partial charge < -0.3 is 45.0 Å². The van der Waals surface area contributed by atoms with Crippen LogP contribution in [0.15, 0.2) is 0 Å². The Morgan fingerprint density at radius 3 is 0.571 bits per heavy atom. The molecule has 72 valence electrons. The second kappa shape index (κ2) is 22.9. The quantitative estimate of drug-likeness (QED) is 0.383. The molecule has 0 aromatic rings. The van der Waals surface area contributed by atoms with E-state index in [-0.39, 0.29) is 53.0 Å². The molecule has 0 aromatic heterocycles. The summed E-state index contributed by atoms with van der Waals surface area (Å²) in [6.07, 6.45) is -7.00. The maximum absolute atomic E-state index is 8.33. The topological polar surface area (TPSA) is 190 Å². The predicted molar refractivity (Wildman–Crippen MR) is 21.9 cm³/mol. The fourth-order valence-corrected chi connectivity index (χ4v) is 0. The van der Waals surface area contributed by atoms with Gasteiger partial charge in [-0.15, -0.1) is 0 Å². The summed E-state index contributed by atoms with van der Waals surface area (Å²) in [4.78, 5) is 25.0. The Bertz CT molecular complexity index is 118. The van der Waals surface area contributed by atoms with Crippen molar-refractivity contribution in [2.24, 2.45) is 0 Å². The van der Waals surface area contributed by atoms with Crippen LogP contribution in [0.25, 0.3) is 0 Å². The van der Waals surface area contributed by atoms with Crippen LogP contribution in [0.3, 0.4) is 0 Å². The third kappa shape index (κ3) is 5980. The summed E-state index contributed by atoms with van der Waals surface area (Å²) in [5.74, 6) is 0. The maximum Gasteiger partial charge on any atom is 3.00 e. The summed E-state index contributed by atoms with van der Waals surface area (Å²) >= 11 is 0. The molecule has 0 aliphatic carbocycles. The molecule has 0 bridgehead atoms. The van der Waals surface area contributed by atoms with E-state index in [1.165, 1.54) is 0 Å². The van der Waals surface area contributed by atoms with Crippen LogP contribution in [0.1, 0.15) is 0 Å². The third-order valence-corrected chi connectivity index (χ3v) is 0. The van der Waals surface area contributed by atoms with E-state index in [1.807, 2.05) is 0 Å². The number of rotatable bonds is 0. The second-order valence-electron chi connectivity index (χ2n) is 0.750. The first-order chi connectivity index (χ1) is 5.20. The standard InChI is InChI=1S/3CH2O3.Al.La/c3*2-1(3)4;;/h3*(H2,2,3,4);;/q;;;2*+3/p-6. The van der Waals surface area contributed by atoms with Crippen LogP contribution in [-0.2, 0) is 0 Å². The second-order valence-corrected chi connectivity index (χ2v) is 0.750. The maximum atomic E-state index is 8.33. The molecule has 11 heteroatoms. The molecule has 9 nitrogen and oxygen atoms in total. The van der Waals surface area contributed by atoms with E-state index >= 15 is 0 Å². The SMILES string of the molecule is O=C([O-])[O-].O=C([O-])[O-].O=C([O-])[O-].[Al+3].[La+3]. The van der Waals surface area contributed by atoms with Crippen molar-refractivity contribution in [3.8, 4) is 0 Å². The fraction of sp³-hybridized carbons (Fsp3) is 0. The van der Waals surface area contributed by atoms with Crippen molar-refractivity contribution in [3.63, 3.8) is 0 Å². The van der Waals surface area contributed by atoms with Gasteiger partial charge in [-0.2, -0.15) is 0 Å². The molecule has 0 fully saturated rings. The van der Waals surface area contributed by atoms with Gasteiger partial charge in [-0.05, 0) is 18.5 Å². The van der Waals surface area contributed by atoms with Gasteiger partial charge in [0.25, 0.3) is 0 Å². The van der Waals surface area contributed by atoms with Gasteiger partial charge >= 0.3 is 53.0 Å². The van der Waals surface area contributed by atoms with Crippen LogP contribution >= 0.6 is 0 Å². The van der Waals surface area contributed by atoms with E-state index in [0.29, 0.717) is 0 Å². The van der Waals surface area contributed by atoms with Crippen molar-refractivity contribution >= 4 is 35.8 Å². The van der Waals surface area contributed by atoms with Crippen molar-refractivity contribution in [2.75, 3.05) is 0 Å². The molecule has 0 radical (unpaired) electrons. The molecule has 0 spiro atoms. The van der Waals surface area contributed by atoms with Crippen molar-refractivity contribution in [1.82, 2.24) is 0 Å². The summed E-state index contributed by atoms with van der Waals surface area (Å²) in [5, 5.41) is 50.0. The number of carbonyl (C=O) groups is 3. The van der Waals surface area contributed by atoms with Crippen LogP contribution in [0.4, 0.5) is 14.4 Å². The Balaban J connectivity index is -0.0000000270. The molecule has 0 rings (SSSR count). The van der Waals surface area contributed by atoms with Gasteiger partial charge in [-0.1, -0.05) is 0 Å². The zero-order chi connectivity index (χ0) is 10.7. The van der Waals surface area contributed by atoms with Crippen LogP contribution in [0.5, 0.6) is 0 Å². The Morgan fingerprint density at radius 1 is 0.571 bits per heavy atom. The molecule has 0 aliphatic heterocycles. The van der Waals surface area contributed by atoms with Crippen LogP contribution in [0, 0.1) is 35.6 Å². The van der Waals surface area contributed by atoms with Crippen LogP contribution in [-0.4, -0.2) is 35.8 Å². The summed E-state index contributed by atoms with van der Waals surface area (Å²) in [7, 11) is 0. The van der Waals surface area contributed by atoms with Crippen molar-refractivity contribution < 1.29 is 80.6 Å². The Hall–Kier alpha value is -0.463. The van der Waals surface area contributed by atoms with E-state index in [9.17, 15) is 0 Å². The van der Waals surface area contributed by atoms with Gasteiger partial charge in [-0.25, -0.2) is 0 Å². The molecule has 0 unspecified atom stereocenters. The van der Waals surface area contributed by atoms with Crippen molar-refractivity contribution in [3.05, 3.63) is 0 Å². The minimum absolute atomic E-state index is 0. The minimum atomic E-state index is -2.33. The van der Waals surface area contributed by atoms with Gasteiger partial charge in [0.05, 0.1) is 0 Å². The normalized spacial score (nSPS) is 5.14. The van der Waals surface area contributed by atoms with Crippen LogP contribution < -0.4 is 30.6 Å². The number of carboxylic acid groups (broad SMARTS) is 6. The Morgan fingerprint density at radius 2 is 0.571 bits per heavy atom. The molecule has 0 aliphatic rings. The monoisotopic (exact) mass is 346 g/mol. The number of hydrogen-bond acceptors (Lipinski definition) is 9. The van der Waals surface area contributed by atoms with E-state index < -0.39 is 18.5 Å². The summed E-state index contributed by atoms with van der Waals surface area (Å²) in [6, 6.07) is 0. The van der Waals surface area contributed by atoms with Gasteiger partial charge in [0, 0.05) is 0 Å². The average Bonchev–Trinajstić information content (AvgIpc) is 1.54. The van der Waals surface area contributed by atoms with E-state index in [0.717, 1.165) is 0 Å². The average molecular weight is 346 g/mol. The molecular formula is C3AlLaO9. The largest absolute Gasteiger partial charge is 3.00 e. The molecule has 0 saturated heterocycles. The van der Waals surface area contributed by atoms with E-state index in [1.54, 1.807) is 0 Å². The number of hydrogen-bond donors (Lipinski definition) is 0. The first-order valence-electron chi connectivity index (χ1n) is 1.84. The third-order valence-electron chi connectivity index (χ3n) is 0. The Labute approximate surface area is 116 Å². The molecular weight excluding hydrogens is 346 g/mol. The number of carbonyl (C=O) groups excluding carboxylic acids is 3. The molecule has 0 amide bonds. The molecule has 0 atom stereocenters. The van der Waals surface area contributed by atoms with Gasteiger partial charge in [0.1, 0.15) is 0 Å². The van der Waals surface area contributed by atoms with Gasteiger partial charge in [0.15, 0.2) is 0 Å². The Kier molecular flexibility index (Phi) is 47.7. The zero-order valence-corrected chi connectivity index (χ0v) is 11.1. The van der Waals surface area contributed by atoms with E-state index in [4.69, 9.17) is 45.0 Å². The van der Waals surface area contributed by atoms with Crippen molar-refractivity contribution in [2.45, 2.75) is 0 Å². The van der Waals surface area contributed by atoms with E-state index in [2.05, 4.69) is 0 Å². The summed E-state index contributed by atoms with van der Waals surface area (Å²) in [5.41, 5.74) is 0. The predicted octanol–water partition coefficient (Wildman–Crippen LogP) is -7.72.